The maximum Gasteiger partial charge on any atom is 0.231 e. The van der Waals surface area contributed by atoms with E-state index in [1.54, 1.807) is 12.1 Å². The quantitative estimate of drug-likeness (QED) is 0.861. The molecule has 17 heavy (non-hydrogen) atoms. The Balaban J connectivity index is 2.04. The van der Waals surface area contributed by atoms with Crippen LogP contribution in [0.2, 0.25) is 0 Å². The number of aromatic nitrogens is 2. The van der Waals surface area contributed by atoms with Crippen LogP contribution >= 0.6 is 0 Å². The first-order valence-electron chi connectivity index (χ1n) is 5.88. The first-order chi connectivity index (χ1) is 8.29. The van der Waals surface area contributed by atoms with Crippen molar-refractivity contribution < 1.29 is 9.63 Å². The number of benzene rings is 1. The standard InChI is InChI=1S/C13H16N2O2/c1-2-3-8-12-14-13(17-15-12)9-10-6-4-5-7-11(10)16/h4-7,16H,2-3,8-9H2,1H3. The van der Waals surface area contributed by atoms with Gasteiger partial charge in [0.15, 0.2) is 5.82 Å². The highest BCUT2D eigenvalue weighted by Crippen LogP contribution is 2.18. The van der Waals surface area contributed by atoms with Crippen molar-refractivity contribution in [3.63, 3.8) is 0 Å². The Morgan fingerprint density at radius 2 is 2.12 bits per heavy atom. The SMILES string of the molecule is CCCCc1noc(Cc2ccccc2O)n1. The van der Waals surface area contributed by atoms with Gasteiger partial charge in [-0.3, -0.25) is 0 Å². The highest BCUT2D eigenvalue weighted by atomic mass is 16.5. The molecule has 90 valence electrons. The van der Waals surface area contributed by atoms with E-state index in [-0.39, 0.29) is 5.75 Å². The summed E-state index contributed by atoms with van der Waals surface area (Å²) in [5.74, 6) is 1.57. The number of para-hydroxylation sites is 1. The normalized spacial score (nSPS) is 10.6. The van der Waals surface area contributed by atoms with Gasteiger partial charge in [-0.25, -0.2) is 0 Å². The predicted octanol–water partition coefficient (Wildman–Crippen LogP) is 2.71. The van der Waals surface area contributed by atoms with Crippen molar-refractivity contribution in [1.82, 2.24) is 10.1 Å². The number of aromatic hydroxyl groups is 1. The van der Waals surface area contributed by atoms with E-state index < -0.39 is 0 Å². The molecule has 1 heterocycles. The summed E-state index contributed by atoms with van der Waals surface area (Å²) in [6.45, 7) is 2.13. The molecule has 0 radical (unpaired) electrons. The highest BCUT2D eigenvalue weighted by molar-refractivity contribution is 5.33. The van der Waals surface area contributed by atoms with Gasteiger partial charge in [0, 0.05) is 12.0 Å². The lowest BCUT2D eigenvalue weighted by atomic mass is 10.1. The zero-order chi connectivity index (χ0) is 12.1. The fourth-order valence-electron chi connectivity index (χ4n) is 1.62. The van der Waals surface area contributed by atoms with E-state index in [1.807, 2.05) is 12.1 Å². The smallest absolute Gasteiger partial charge is 0.231 e. The van der Waals surface area contributed by atoms with E-state index >= 15 is 0 Å². The zero-order valence-corrected chi connectivity index (χ0v) is 9.89. The van der Waals surface area contributed by atoms with Gasteiger partial charge in [-0.15, -0.1) is 0 Å². The zero-order valence-electron chi connectivity index (χ0n) is 9.89. The first-order valence-corrected chi connectivity index (χ1v) is 5.88. The fourth-order valence-corrected chi connectivity index (χ4v) is 1.62. The number of rotatable bonds is 5. The lowest BCUT2D eigenvalue weighted by molar-refractivity contribution is 0.376. The largest absolute Gasteiger partial charge is 0.508 e. The summed E-state index contributed by atoms with van der Waals surface area (Å²) >= 11 is 0. The van der Waals surface area contributed by atoms with Crippen LogP contribution in [0.15, 0.2) is 28.8 Å². The van der Waals surface area contributed by atoms with Crippen LogP contribution < -0.4 is 0 Å². The Morgan fingerprint density at radius 3 is 2.88 bits per heavy atom. The van der Waals surface area contributed by atoms with Crippen molar-refractivity contribution in [3.8, 4) is 5.75 Å². The molecule has 1 N–H and O–H groups in total. The molecule has 0 fully saturated rings. The third-order valence-corrected chi connectivity index (χ3v) is 2.60. The average molecular weight is 232 g/mol. The lowest BCUT2D eigenvalue weighted by Crippen LogP contribution is -1.91. The first kappa shape index (κ1) is 11.6. The molecule has 0 spiro atoms. The van der Waals surface area contributed by atoms with Crippen LogP contribution in [-0.2, 0) is 12.8 Å². The molecule has 1 aromatic heterocycles. The van der Waals surface area contributed by atoms with Gasteiger partial charge in [0.2, 0.25) is 5.89 Å². The molecule has 0 amide bonds. The molecule has 0 atom stereocenters. The average Bonchev–Trinajstić information content (AvgIpc) is 2.77. The molecular formula is C13H16N2O2. The van der Waals surface area contributed by atoms with Gasteiger partial charge in [0.1, 0.15) is 5.75 Å². The molecular weight excluding hydrogens is 216 g/mol. The maximum absolute atomic E-state index is 9.63. The third-order valence-electron chi connectivity index (χ3n) is 2.60. The van der Waals surface area contributed by atoms with Gasteiger partial charge in [0.25, 0.3) is 0 Å². The minimum absolute atomic E-state index is 0.265. The second-order valence-corrected chi connectivity index (χ2v) is 4.01. The summed E-state index contributed by atoms with van der Waals surface area (Å²) in [6.07, 6.45) is 3.51. The molecule has 0 bridgehead atoms. The fraction of sp³-hybridized carbons (Fsp3) is 0.385. The molecule has 0 aliphatic carbocycles. The van der Waals surface area contributed by atoms with Gasteiger partial charge >= 0.3 is 0 Å². The summed E-state index contributed by atoms with van der Waals surface area (Å²) < 4.78 is 5.15. The van der Waals surface area contributed by atoms with Crippen molar-refractivity contribution in [3.05, 3.63) is 41.5 Å². The summed E-state index contributed by atoms with van der Waals surface area (Å²) in [7, 11) is 0. The van der Waals surface area contributed by atoms with Crippen LogP contribution in [0.4, 0.5) is 0 Å². The second kappa shape index (κ2) is 5.48. The van der Waals surface area contributed by atoms with E-state index in [0.717, 1.165) is 30.7 Å². The summed E-state index contributed by atoms with van der Waals surface area (Å²) in [5, 5.41) is 13.5. The Morgan fingerprint density at radius 1 is 1.29 bits per heavy atom. The van der Waals surface area contributed by atoms with E-state index in [0.29, 0.717) is 12.3 Å². The van der Waals surface area contributed by atoms with Crippen molar-refractivity contribution in [2.24, 2.45) is 0 Å². The van der Waals surface area contributed by atoms with Gasteiger partial charge < -0.3 is 9.63 Å². The van der Waals surface area contributed by atoms with Crippen LogP contribution in [0.25, 0.3) is 0 Å². The Kier molecular flexibility index (Phi) is 3.75. The molecule has 4 nitrogen and oxygen atoms in total. The molecule has 0 saturated heterocycles. The van der Waals surface area contributed by atoms with Crippen LogP contribution in [0, 0.1) is 0 Å². The number of phenolic OH excluding ortho intramolecular Hbond substituents is 1. The molecule has 0 aliphatic rings. The number of hydrogen-bond acceptors (Lipinski definition) is 4. The third kappa shape index (κ3) is 3.06. The summed E-state index contributed by atoms with van der Waals surface area (Å²) in [6, 6.07) is 7.18. The molecule has 0 unspecified atom stereocenters. The number of unbranched alkanes of at least 4 members (excludes halogenated alkanes) is 1. The minimum atomic E-state index is 0.265. The van der Waals surface area contributed by atoms with E-state index in [4.69, 9.17) is 4.52 Å². The van der Waals surface area contributed by atoms with E-state index in [9.17, 15) is 5.11 Å². The monoisotopic (exact) mass is 232 g/mol. The maximum atomic E-state index is 9.63. The van der Waals surface area contributed by atoms with Crippen molar-refractivity contribution in [2.45, 2.75) is 32.6 Å². The number of phenols is 1. The molecule has 2 aromatic rings. The van der Waals surface area contributed by atoms with Crippen molar-refractivity contribution in [2.75, 3.05) is 0 Å². The van der Waals surface area contributed by atoms with Crippen molar-refractivity contribution in [1.29, 1.82) is 0 Å². The molecule has 4 heteroatoms. The lowest BCUT2D eigenvalue weighted by Gasteiger charge is -1.99. The Labute approximate surface area is 100 Å². The number of aryl methyl sites for hydroxylation is 1. The van der Waals surface area contributed by atoms with E-state index in [2.05, 4.69) is 17.1 Å². The molecule has 0 aliphatic heterocycles. The topological polar surface area (TPSA) is 59.2 Å². The Bertz CT molecular complexity index is 480. The summed E-state index contributed by atoms with van der Waals surface area (Å²) in [4.78, 5) is 4.30. The van der Waals surface area contributed by atoms with Crippen LogP contribution in [0.5, 0.6) is 5.75 Å². The molecule has 1 aromatic carbocycles. The van der Waals surface area contributed by atoms with Crippen LogP contribution in [-0.4, -0.2) is 15.2 Å². The number of nitrogens with zero attached hydrogens (tertiary/aromatic N) is 2. The van der Waals surface area contributed by atoms with Gasteiger partial charge in [-0.05, 0) is 12.5 Å². The number of hydrogen-bond donors (Lipinski definition) is 1. The summed E-state index contributed by atoms with van der Waals surface area (Å²) in [5.41, 5.74) is 0.804. The molecule has 2 rings (SSSR count). The van der Waals surface area contributed by atoms with Gasteiger partial charge in [0.05, 0.1) is 6.42 Å². The van der Waals surface area contributed by atoms with Crippen LogP contribution in [0.1, 0.15) is 37.0 Å². The van der Waals surface area contributed by atoms with Gasteiger partial charge in [-0.1, -0.05) is 36.7 Å². The van der Waals surface area contributed by atoms with Gasteiger partial charge in [-0.2, -0.15) is 4.98 Å². The minimum Gasteiger partial charge on any atom is -0.508 e. The van der Waals surface area contributed by atoms with Crippen molar-refractivity contribution >= 4 is 0 Å². The van der Waals surface area contributed by atoms with Crippen LogP contribution in [0.3, 0.4) is 0 Å². The highest BCUT2D eigenvalue weighted by Gasteiger charge is 2.08. The Hall–Kier alpha value is -1.84. The predicted molar refractivity (Wildman–Crippen MR) is 63.8 cm³/mol. The van der Waals surface area contributed by atoms with E-state index in [1.165, 1.54) is 0 Å². The molecule has 0 saturated carbocycles. The second-order valence-electron chi connectivity index (χ2n) is 4.01.